The molecule has 1 aromatic heterocycles. The van der Waals surface area contributed by atoms with Gasteiger partial charge in [0.1, 0.15) is 0 Å². The minimum absolute atomic E-state index is 0.199. The van der Waals surface area contributed by atoms with E-state index in [1.807, 2.05) is 19.2 Å². The van der Waals surface area contributed by atoms with Crippen LogP contribution >= 0.6 is 0 Å². The van der Waals surface area contributed by atoms with Crippen LogP contribution in [0, 0.1) is 6.92 Å². The standard InChI is InChI=1S/C18H29N3O/c1-15-13-16(9-11-19-15)14-21(2)12-10-18(22)20-17-7-5-3-4-6-8-17/h9,11,13,17H,3-8,10,12,14H2,1-2H3,(H,20,22). The van der Waals surface area contributed by atoms with E-state index in [9.17, 15) is 4.79 Å². The Hall–Kier alpha value is -1.42. The number of aromatic nitrogens is 1. The number of rotatable bonds is 6. The molecule has 1 amide bonds. The molecule has 0 saturated heterocycles. The fourth-order valence-corrected chi connectivity index (χ4v) is 3.11. The molecule has 0 aliphatic heterocycles. The van der Waals surface area contributed by atoms with E-state index in [4.69, 9.17) is 0 Å². The molecular formula is C18H29N3O. The summed E-state index contributed by atoms with van der Waals surface area (Å²) < 4.78 is 0. The van der Waals surface area contributed by atoms with Gasteiger partial charge in [-0.3, -0.25) is 9.78 Å². The molecule has 22 heavy (non-hydrogen) atoms. The number of nitrogens with one attached hydrogen (secondary N) is 1. The van der Waals surface area contributed by atoms with Gasteiger partial charge >= 0.3 is 0 Å². The first-order valence-corrected chi connectivity index (χ1v) is 8.53. The third-order valence-corrected chi connectivity index (χ3v) is 4.35. The van der Waals surface area contributed by atoms with Crippen molar-refractivity contribution in [3.63, 3.8) is 0 Å². The average Bonchev–Trinajstić information content (AvgIpc) is 2.74. The largest absolute Gasteiger partial charge is 0.353 e. The Morgan fingerprint density at radius 2 is 2.05 bits per heavy atom. The summed E-state index contributed by atoms with van der Waals surface area (Å²) in [5.74, 6) is 0.199. The summed E-state index contributed by atoms with van der Waals surface area (Å²) in [7, 11) is 2.06. The molecule has 122 valence electrons. The van der Waals surface area contributed by atoms with Gasteiger partial charge in [-0.2, -0.15) is 0 Å². The van der Waals surface area contributed by atoms with Crippen LogP contribution in [0.2, 0.25) is 0 Å². The monoisotopic (exact) mass is 303 g/mol. The molecule has 0 aromatic carbocycles. The zero-order chi connectivity index (χ0) is 15.8. The van der Waals surface area contributed by atoms with Crippen molar-refractivity contribution in [2.75, 3.05) is 13.6 Å². The molecule has 4 heteroatoms. The number of aryl methyl sites for hydroxylation is 1. The summed E-state index contributed by atoms with van der Waals surface area (Å²) in [4.78, 5) is 18.5. The molecule has 0 unspecified atom stereocenters. The molecule has 0 atom stereocenters. The summed E-state index contributed by atoms with van der Waals surface area (Å²) in [6, 6.07) is 4.54. The minimum Gasteiger partial charge on any atom is -0.353 e. The number of amides is 1. The van der Waals surface area contributed by atoms with Crippen LogP contribution in [-0.2, 0) is 11.3 Å². The van der Waals surface area contributed by atoms with Gasteiger partial charge in [-0.15, -0.1) is 0 Å². The molecule has 0 radical (unpaired) electrons. The fourth-order valence-electron chi connectivity index (χ4n) is 3.11. The summed E-state index contributed by atoms with van der Waals surface area (Å²) in [5.41, 5.74) is 2.29. The van der Waals surface area contributed by atoms with Crippen molar-refractivity contribution in [1.29, 1.82) is 0 Å². The van der Waals surface area contributed by atoms with Crippen LogP contribution in [0.25, 0.3) is 0 Å². The molecule has 1 heterocycles. The lowest BCUT2D eigenvalue weighted by molar-refractivity contribution is -0.122. The van der Waals surface area contributed by atoms with Gasteiger partial charge in [0.05, 0.1) is 0 Å². The molecule has 1 aliphatic rings. The quantitative estimate of drug-likeness (QED) is 0.822. The maximum absolute atomic E-state index is 12.1. The molecule has 1 aliphatic carbocycles. The smallest absolute Gasteiger partial charge is 0.221 e. The summed E-state index contributed by atoms with van der Waals surface area (Å²) in [6.45, 7) is 3.66. The Labute approximate surface area is 134 Å². The molecule has 1 N–H and O–H groups in total. The SMILES string of the molecule is Cc1cc(CN(C)CCC(=O)NC2CCCCCC2)ccn1. The van der Waals surface area contributed by atoms with Crippen LogP contribution in [-0.4, -0.2) is 35.4 Å². The highest BCUT2D eigenvalue weighted by Crippen LogP contribution is 2.17. The molecule has 2 rings (SSSR count). The number of pyridine rings is 1. The molecule has 0 spiro atoms. The summed E-state index contributed by atoms with van der Waals surface area (Å²) >= 11 is 0. The van der Waals surface area contributed by atoms with E-state index in [1.165, 1.54) is 31.2 Å². The molecule has 4 nitrogen and oxygen atoms in total. The second-order valence-corrected chi connectivity index (χ2v) is 6.55. The Morgan fingerprint density at radius 3 is 2.73 bits per heavy atom. The third-order valence-electron chi connectivity index (χ3n) is 4.35. The van der Waals surface area contributed by atoms with Crippen LogP contribution in [0.1, 0.15) is 56.2 Å². The Bertz CT molecular complexity index is 467. The topological polar surface area (TPSA) is 45.2 Å². The van der Waals surface area contributed by atoms with Gasteiger partial charge in [0, 0.05) is 37.4 Å². The van der Waals surface area contributed by atoms with Crippen molar-refractivity contribution in [2.45, 2.75) is 64.5 Å². The Balaban J connectivity index is 1.68. The van der Waals surface area contributed by atoms with E-state index in [0.717, 1.165) is 31.6 Å². The third kappa shape index (κ3) is 6.14. The van der Waals surface area contributed by atoms with Gasteiger partial charge in [0.15, 0.2) is 0 Å². The number of carbonyl (C=O) groups excluding carboxylic acids is 1. The predicted octanol–water partition coefficient (Wildman–Crippen LogP) is 3.05. The van der Waals surface area contributed by atoms with Crippen LogP contribution in [0.5, 0.6) is 0 Å². The highest BCUT2D eigenvalue weighted by Gasteiger charge is 2.14. The average molecular weight is 303 g/mol. The summed E-state index contributed by atoms with van der Waals surface area (Å²) in [5, 5.41) is 3.21. The highest BCUT2D eigenvalue weighted by atomic mass is 16.1. The van der Waals surface area contributed by atoms with Crippen LogP contribution < -0.4 is 5.32 Å². The molecular weight excluding hydrogens is 274 g/mol. The van der Waals surface area contributed by atoms with Crippen molar-refractivity contribution >= 4 is 5.91 Å². The first kappa shape index (κ1) is 16.9. The number of hydrogen-bond acceptors (Lipinski definition) is 3. The second-order valence-electron chi connectivity index (χ2n) is 6.55. The predicted molar refractivity (Wildman–Crippen MR) is 89.6 cm³/mol. The van der Waals surface area contributed by atoms with Crippen LogP contribution in [0.4, 0.5) is 0 Å². The van der Waals surface area contributed by atoms with Gasteiger partial charge in [0.2, 0.25) is 5.91 Å². The number of nitrogens with zero attached hydrogens (tertiary/aromatic N) is 2. The number of hydrogen-bond donors (Lipinski definition) is 1. The van der Waals surface area contributed by atoms with Crippen molar-refractivity contribution < 1.29 is 4.79 Å². The summed E-state index contributed by atoms with van der Waals surface area (Å²) in [6.07, 6.45) is 9.88. The van der Waals surface area contributed by atoms with Crippen LogP contribution in [0.3, 0.4) is 0 Å². The van der Waals surface area contributed by atoms with Crippen molar-refractivity contribution in [2.24, 2.45) is 0 Å². The second kappa shape index (κ2) is 8.89. The van der Waals surface area contributed by atoms with E-state index < -0.39 is 0 Å². The zero-order valence-corrected chi connectivity index (χ0v) is 14.0. The van der Waals surface area contributed by atoms with E-state index >= 15 is 0 Å². The maximum atomic E-state index is 12.1. The highest BCUT2D eigenvalue weighted by molar-refractivity contribution is 5.76. The zero-order valence-electron chi connectivity index (χ0n) is 14.0. The lowest BCUT2D eigenvalue weighted by atomic mass is 10.1. The van der Waals surface area contributed by atoms with E-state index in [0.29, 0.717) is 12.5 Å². The van der Waals surface area contributed by atoms with E-state index in [1.54, 1.807) is 0 Å². The van der Waals surface area contributed by atoms with Gasteiger partial charge in [-0.05, 0) is 44.5 Å². The van der Waals surface area contributed by atoms with Gasteiger partial charge < -0.3 is 10.2 Å². The lowest BCUT2D eigenvalue weighted by Gasteiger charge is -2.19. The van der Waals surface area contributed by atoms with Crippen molar-refractivity contribution in [1.82, 2.24) is 15.2 Å². The number of carbonyl (C=O) groups is 1. The molecule has 1 saturated carbocycles. The first-order valence-electron chi connectivity index (χ1n) is 8.53. The first-order chi connectivity index (χ1) is 10.6. The molecule has 1 fully saturated rings. The normalized spacial score (nSPS) is 16.5. The van der Waals surface area contributed by atoms with Gasteiger partial charge in [0.25, 0.3) is 0 Å². The Morgan fingerprint density at radius 1 is 1.32 bits per heavy atom. The van der Waals surface area contributed by atoms with E-state index in [-0.39, 0.29) is 5.91 Å². The maximum Gasteiger partial charge on any atom is 0.221 e. The van der Waals surface area contributed by atoms with Crippen molar-refractivity contribution in [3.05, 3.63) is 29.6 Å². The van der Waals surface area contributed by atoms with E-state index in [2.05, 4.69) is 28.3 Å². The molecule has 1 aromatic rings. The fraction of sp³-hybridized carbons (Fsp3) is 0.667. The van der Waals surface area contributed by atoms with Crippen LogP contribution in [0.15, 0.2) is 18.3 Å². The van der Waals surface area contributed by atoms with Gasteiger partial charge in [-0.1, -0.05) is 25.7 Å². The Kier molecular flexibility index (Phi) is 6.84. The minimum atomic E-state index is 0.199. The van der Waals surface area contributed by atoms with Crippen molar-refractivity contribution in [3.8, 4) is 0 Å². The molecule has 0 bridgehead atoms. The lowest BCUT2D eigenvalue weighted by Crippen LogP contribution is -2.36. The van der Waals surface area contributed by atoms with Gasteiger partial charge in [-0.25, -0.2) is 0 Å².